The van der Waals surface area contributed by atoms with Gasteiger partial charge in [-0.15, -0.1) is 0 Å². The third kappa shape index (κ3) is 4.83. The van der Waals surface area contributed by atoms with Gasteiger partial charge in [0.15, 0.2) is 0 Å². The van der Waals surface area contributed by atoms with Gasteiger partial charge in [-0.2, -0.15) is 0 Å². The number of benzene rings is 3. The molecule has 29 heavy (non-hydrogen) atoms. The van der Waals surface area contributed by atoms with E-state index in [1.807, 2.05) is 24.3 Å². The fourth-order valence-electron chi connectivity index (χ4n) is 2.81. The summed E-state index contributed by atoms with van der Waals surface area (Å²) in [4.78, 5) is 11.8. The maximum absolute atomic E-state index is 11.9. The highest BCUT2D eigenvalue weighted by atomic mass is 35.5. The Kier molecular flexibility index (Phi) is 5.74. The third-order valence-corrected chi connectivity index (χ3v) is 5.48. The van der Waals surface area contributed by atoms with Crippen LogP contribution in [0.15, 0.2) is 65.6 Å². The minimum Gasteiger partial charge on any atom is -0.398 e. The van der Waals surface area contributed by atoms with Gasteiger partial charge in [0.05, 0.1) is 16.1 Å². The van der Waals surface area contributed by atoms with Crippen LogP contribution in [0, 0.1) is 0 Å². The van der Waals surface area contributed by atoms with Gasteiger partial charge >= 0.3 is 0 Å². The van der Waals surface area contributed by atoms with Crippen molar-refractivity contribution < 1.29 is 13.2 Å². The monoisotopic (exact) mass is 427 g/mol. The largest absolute Gasteiger partial charge is 0.398 e. The molecule has 1 amide bonds. The first-order chi connectivity index (χ1) is 13.6. The van der Waals surface area contributed by atoms with E-state index >= 15 is 0 Å². The summed E-state index contributed by atoms with van der Waals surface area (Å²) in [7, 11) is -3.81. The molecule has 0 aliphatic rings. The number of sulfonamides is 1. The van der Waals surface area contributed by atoms with Crippen molar-refractivity contribution in [3.05, 3.63) is 82.4 Å². The van der Waals surface area contributed by atoms with Crippen molar-refractivity contribution in [2.24, 2.45) is 10.9 Å². The number of primary amides is 1. The Bertz CT molecular complexity index is 1200. The zero-order valence-electron chi connectivity index (χ0n) is 15.2. The van der Waals surface area contributed by atoms with Crippen LogP contribution in [0.25, 0.3) is 23.3 Å². The van der Waals surface area contributed by atoms with E-state index in [0.29, 0.717) is 21.7 Å². The molecule has 0 aliphatic heterocycles. The predicted molar refractivity (Wildman–Crippen MR) is 117 cm³/mol. The molecule has 0 fully saturated rings. The lowest BCUT2D eigenvalue weighted by Crippen LogP contribution is -2.14. The van der Waals surface area contributed by atoms with Gasteiger partial charge in [-0.3, -0.25) is 4.79 Å². The molecule has 0 unspecified atom stereocenters. The lowest BCUT2D eigenvalue weighted by molar-refractivity contribution is 0.100. The lowest BCUT2D eigenvalue weighted by atomic mass is 9.96. The van der Waals surface area contributed by atoms with Crippen molar-refractivity contribution in [3.8, 4) is 11.1 Å². The number of carbonyl (C=O) groups is 1. The molecular weight excluding hydrogens is 410 g/mol. The Balaban J connectivity index is 2.07. The molecule has 3 rings (SSSR count). The van der Waals surface area contributed by atoms with E-state index in [1.54, 1.807) is 36.4 Å². The summed E-state index contributed by atoms with van der Waals surface area (Å²) in [6.45, 7) is 0. The van der Waals surface area contributed by atoms with E-state index in [4.69, 9.17) is 28.2 Å². The minimum atomic E-state index is -3.81. The molecule has 0 bridgehead atoms. The molecule has 0 spiro atoms. The third-order valence-electron chi connectivity index (χ3n) is 4.30. The summed E-state index contributed by atoms with van der Waals surface area (Å²) in [6.07, 6.45) is 3.68. The van der Waals surface area contributed by atoms with Crippen LogP contribution in [0.1, 0.15) is 21.5 Å². The number of rotatable bonds is 5. The van der Waals surface area contributed by atoms with Crippen LogP contribution in [0.5, 0.6) is 0 Å². The second-order valence-electron chi connectivity index (χ2n) is 6.35. The maximum atomic E-state index is 11.9. The molecule has 148 valence electrons. The number of anilines is 1. The van der Waals surface area contributed by atoms with E-state index in [1.165, 1.54) is 12.1 Å². The average molecular weight is 428 g/mol. The average Bonchev–Trinajstić information content (AvgIpc) is 2.67. The molecule has 0 heterocycles. The smallest absolute Gasteiger partial charge is 0.250 e. The predicted octanol–water partition coefficient (Wildman–Crippen LogP) is 3.51. The highest BCUT2D eigenvalue weighted by Gasteiger charge is 2.14. The van der Waals surface area contributed by atoms with Crippen LogP contribution >= 0.6 is 11.6 Å². The number of nitrogen functional groups attached to an aromatic ring is 1. The normalized spacial score (nSPS) is 11.7. The molecule has 0 atom stereocenters. The quantitative estimate of drug-likeness (QED) is 0.425. The SMILES string of the molecule is NC(=O)c1cc(/C=C/c2ccc(Cl)cc2)cc(-c2ccc(S(N)(=O)=O)cc2)c1N. The molecule has 6 nitrogen and oxygen atoms in total. The minimum absolute atomic E-state index is 0.0197. The highest BCUT2D eigenvalue weighted by molar-refractivity contribution is 7.89. The van der Waals surface area contributed by atoms with Gasteiger partial charge in [0, 0.05) is 10.6 Å². The summed E-state index contributed by atoms with van der Waals surface area (Å²) < 4.78 is 22.9. The zero-order chi connectivity index (χ0) is 21.2. The van der Waals surface area contributed by atoms with Gasteiger partial charge in [-0.1, -0.05) is 48.0 Å². The standard InChI is InChI=1S/C21H18ClN3O3S/c22-16-7-3-13(4-8-16)1-2-14-11-18(20(23)19(12-14)21(24)26)15-5-9-17(10-6-15)29(25,27)28/h1-12H,23H2,(H2,24,26)(H2,25,27,28)/b2-1+. The lowest BCUT2D eigenvalue weighted by Gasteiger charge is -2.12. The Morgan fingerprint density at radius 3 is 2.03 bits per heavy atom. The van der Waals surface area contributed by atoms with Crippen LogP contribution in [-0.2, 0) is 10.0 Å². The first kappa shape index (κ1) is 20.6. The van der Waals surface area contributed by atoms with Crippen molar-refractivity contribution in [2.45, 2.75) is 4.90 Å². The summed E-state index contributed by atoms with van der Waals surface area (Å²) in [6, 6.07) is 16.6. The highest BCUT2D eigenvalue weighted by Crippen LogP contribution is 2.31. The van der Waals surface area contributed by atoms with Crippen LogP contribution in [0.3, 0.4) is 0 Å². The molecule has 8 heteroatoms. The van der Waals surface area contributed by atoms with E-state index in [0.717, 1.165) is 5.56 Å². The van der Waals surface area contributed by atoms with Crippen molar-refractivity contribution in [3.63, 3.8) is 0 Å². The van der Waals surface area contributed by atoms with Gasteiger partial charge in [0.1, 0.15) is 0 Å². The van der Waals surface area contributed by atoms with Crippen molar-refractivity contribution in [1.82, 2.24) is 0 Å². The zero-order valence-corrected chi connectivity index (χ0v) is 16.7. The molecule has 0 saturated heterocycles. The summed E-state index contributed by atoms with van der Waals surface area (Å²) in [5.74, 6) is -0.661. The summed E-state index contributed by atoms with van der Waals surface area (Å²) in [5.41, 5.74) is 14.8. The molecule has 3 aromatic rings. The van der Waals surface area contributed by atoms with Crippen molar-refractivity contribution >= 4 is 45.4 Å². The first-order valence-electron chi connectivity index (χ1n) is 8.45. The maximum Gasteiger partial charge on any atom is 0.250 e. The second-order valence-corrected chi connectivity index (χ2v) is 8.35. The molecule has 0 saturated carbocycles. The molecular formula is C21H18ClN3O3S. The van der Waals surface area contributed by atoms with Crippen LogP contribution in [0.2, 0.25) is 5.02 Å². The molecule has 0 radical (unpaired) electrons. The fourth-order valence-corrected chi connectivity index (χ4v) is 3.45. The number of carbonyl (C=O) groups excluding carboxylic acids is 1. The summed E-state index contributed by atoms with van der Waals surface area (Å²) >= 11 is 5.89. The second kappa shape index (κ2) is 8.08. The number of amides is 1. The molecule has 6 N–H and O–H groups in total. The van der Waals surface area contributed by atoms with Crippen LogP contribution in [-0.4, -0.2) is 14.3 Å². The van der Waals surface area contributed by atoms with Crippen molar-refractivity contribution in [1.29, 1.82) is 0 Å². The Hall–Kier alpha value is -3.13. The fraction of sp³-hybridized carbons (Fsp3) is 0. The van der Waals surface area contributed by atoms with Crippen LogP contribution < -0.4 is 16.6 Å². The Morgan fingerprint density at radius 2 is 1.48 bits per heavy atom. The number of nitrogens with two attached hydrogens (primary N) is 3. The number of hydrogen-bond acceptors (Lipinski definition) is 4. The van der Waals surface area contributed by atoms with Gasteiger partial charge in [0.25, 0.3) is 5.91 Å². The van der Waals surface area contributed by atoms with Gasteiger partial charge in [-0.25, -0.2) is 13.6 Å². The topological polar surface area (TPSA) is 129 Å². The number of hydrogen-bond donors (Lipinski definition) is 3. The van der Waals surface area contributed by atoms with Gasteiger partial charge in [0.2, 0.25) is 10.0 Å². The first-order valence-corrected chi connectivity index (χ1v) is 10.4. The number of halogens is 1. The van der Waals surface area contributed by atoms with E-state index in [9.17, 15) is 13.2 Å². The van der Waals surface area contributed by atoms with E-state index < -0.39 is 15.9 Å². The van der Waals surface area contributed by atoms with Crippen LogP contribution in [0.4, 0.5) is 5.69 Å². The molecule has 0 aliphatic carbocycles. The van der Waals surface area contributed by atoms with Crippen molar-refractivity contribution in [2.75, 3.05) is 5.73 Å². The van der Waals surface area contributed by atoms with E-state index in [2.05, 4.69) is 0 Å². The van der Waals surface area contributed by atoms with E-state index in [-0.39, 0.29) is 16.1 Å². The Labute approximate surface area is 173 Å². The molecule has 3 aromatic carbocycles. The Morgan fingerprint density at radius 1 is 0.897 bits per heavy atom. The summed E-state index contributed by atoms with van der Waals surface area (Å²) in [5, 5.41) is 5.77. The van der Waals surface area contributed by atoms with Gasteiger partial charge in [-0.05, 0) is 53.1 Å². The molecule has 0 aromatic heterocycles. The number of primary sulfonamides is 1. The van der Waals surface area contributed by atoms with Gasteiger partial charge < -0.3 is 11.5 Å².